The van der Waals surface area contributed by atoms with Gasteiger partial charge in [-0.15, -0.1) is 0 Å². The maximum absolute atomic E-state index is 12.0. The maximum atomic E-state index is 12.0. The van der Waals surface area contributed by atoms with Crippen LogP contribution < -0.4 is 11.1 Å². The predicted octanol–water partition coefficient (Wildman–Crippen LogP) is 0.294. The molecule has 2 atom stereocenters. The van der Waals surface area contributed by atoms with E-state index in [1.54, 1.807) is 7.05 Å². The van der Waals surface area contributed by atoms with E-state index in [4.69, 9.17) is 5.73 Å². The molecule has 1 aliphatic heterocycles. The normalized spacial score (nSPS) is 25.7. The highest BCUT2D eigenvalue weighted by molar-refractivity contribution is 6.01. The van der Waals surface area contributed by atoms with Crippen LogP contribution in [0.25, 0.3) is 0 Å². The first kappa shape index (κ1) is 16.7. The van der Waals surface area contributed by atoms with Crippen molar-refractivity contribution in [3.63, 3.8) is 0 Å². The van der Waals surface area contributed by atoms with Gasteiger partial charge in [0.05, 0.1) is 0 Å². The molecule has 0 aromatic carbocycles. The van der Waals surface area contributed by atoms with Gasteiger partial charge in [-0.2, -0.15) is 0 Å². The Balaban J connectivity index is 1.71. The van der Waals surface area contributed by atoms with Crippen molar-refractivity contribution in [2.24, 2.45) is 11.7 Å². The van der Waals surface area contributed by atoms with Crippen molar-refractivity contribution in [1.29, 1.82) is 0 Å². The monoisotopic (exact) mass is 310 g/mol. The number of imide groups is 1. The molecular formula is C15H26N4O3. The molecule has 2 rings (SSSR count). The number of likely N-dealkylation sites (N-methyl/N-ethyl adjacent to an activating group) is 1. The zero-order valence-electron chi connectivity index (χ0n) is 13.2. The number of hydrogen-bond acceptors (Lipinski definition) is 4. The SMILES string of the molecule is CN1CC(=O)N(CCCC(=O)NC2CCCCC2CN)C1=O. The van der Waals surface area contributed by atoms with Gasteiger partial charge in [0.25, 0.3) is 0 Å². The quantitative estimate of drug-likeness (QED) is 0.689. The van der Waals surface area contributed by atoms with E-state index in [1.165, 1.54) is 16.2 Å². The number of amides is 4. The Morgan fingerprint density at radius 2 is 2.05 bits per heavy atom. The van der Waals surface area contributed by atoms with E-state index < -0.39 is 0 Å². The number of nitrogens with one attached hydrogen (secondary N) is 1. The lowest BCUT2D eigenvalue weighted by Crippen LogP contribution is -2.44. The molecule has 2 aliphatic rings. The Hall–Kier alpha value is -1.63. The van der Waals surface area contributed by atoms with Gasteiger partial charge in [-0.25, -0.2) is 4.79 Å². The highest BCUT2D eigenvalue weighted by Crippen LogP contribution is 2.23. The average Bonchev–Trinajstić information content (AvgIpc) is 2.74. The van der Waals surface area contributed by atoms with Gasteiger partial charge >= 0.3 is 6.03 Å². The molecule has 2 fully saturated rings. The molecule has 0 aromatic heterocycles. The van der Waals surface area contributed by atoms with E-state index in [-0.39, 0.29) is 30.4 Å². The molecule has 1 saturated heterocycles. The van der Waals surface area contributed by atoms with Crippen molar-refractivity contribution in [3.05, 3.63) is 0 Å². The summed E-state index contributed by atoms with van der Waals surface area (Å²) in [6, 6.07) is -0.103. The molecule has 2 unspecified atom stereocenters. The molecule has 1 aliphatic carbocycles. The molecule has 22 heavy (non-hydrogen) atoms. The number of nitrogens with two attached hydrogens (primary N) is 1. The molecule has 4 amide bonds. The van der Waals surface area contributed by atoms with Crippen molar-refractivity contribution in [2.45, 2.75) is 44.6 Å². The average molecular weight is 310 g/mol. The Labute approximate surface area is 131 Å². The van der Waals surface area contributed by atoms with Gasteiger partial charge < -0.3 is 16.0 Å². The fourth-order valence-corrected chi connectivity index (χ4v) is 3.25. The fourth-order valence-electron chi connectivity index (χ4n) is 3.25. The summed E-state index contributed by atoms with van der Waals surface area (Å²) >= 11 is 0. The maximum Gasteiger partial charge on any atom is 0.326 e. The van der Waals surface area contributed by atoms with Crippen LogP contribution in [0.4, 0.5) is 4.79 Å². The first-order chi connectivity index (χ1) is 10.5. The van der Waals surface area contributed by atoms with Crippen LogP contribution in [0.15, 0.2) is 0 Å². The number of rotatable bonds is 6. The van der Waals surface area contributed by atoms with Gasteiger partial charge in [0.1, 0.15) is 6.54 Å². The minimum atomic E-state index is -0.277. The first-order valence-corrected chi connectivity index (χ1v) is 8.07. The van der Waals surface area contributed by atoms with Crippen molar-refractivity contribution >= 4 is 17.8 Å². The molecule has 0 radical (unpaired) electrons. The molecule has 124 valence electrons. The molecule has 1 heterocycles. The molecular weight excluding hydrogens is 284 g/mol. The lowest BCUT2D eigenvalue weighted by atomic mass is 9.84. The summed E-state index contributed by atoms with van der Waals surface area (Å²) in [6.07, 6.45) is 5.20. The van der Waals surface area contributed by atoms with Crippen LogP contribution in [0.5, 0.6) is 0 Å². The fraction of sp³-hybridized carbons (Fsp3) is 0.800. The standard InChI is InChI=1S/C15H26N4O3/c1-18-10-14(21)19(15(18)22)8-4-7-13(20)17-12-6-3-2-5-11(12)9-16/h11-12H,2-10,16H2,1H3,(H,17,20). The van der Waals surface area contributed by atoms with Gasteiger partial charge in [0.2, 0.25) is 11.8 Å². The highest BCUT2D eigenvalue weighted by Gasteiger charge is 2.33. The number of hydrogen-bond donors (Lipinski definition) is 2. The summed E-state index contributed by atoms with van der Waals surface area (Å²) in [4.78, 5) is 38.0. The largest absolute Gasteiger partial charge is 0.353 e. The smallest absolute Gasteiger partial charge is 0.326 e. The van der Waals surface area contributed by atoms with Crippen LogP contribution in [0.3, 0.4) is 0 Å². The number of urea groups is 1. The Bertz CT molecular complexity index is 441. The summed E-state index contributed by atoms with van der Waals surface area (Å²) in [5.41, 5.74) is 5.76. The summed E-state index contributed by atoms with van der Waals surface area (Å²) in [5, 5.41) is 3.06. The summed E-state index contributed by atoms with van der Waals surface area (Å²) in [6.45, 7) is 1.04. The number of carbonyl (C=O) groups is 3. The Kier molecular flexibility index (Phi) is 5.76. The van der Waals surface area contributed by atoms with E-state index in [9.17, 15) is 14.4 Å². The molecule has 0 spiro atoms. The van der Waals surface area contributed by atoms with E-state index in [0.717, 1.165) is 19.3 Å². The second-order valence-corrected chi connectivity index (χ2v) is 6.24. The molecule has 3 N–H and O–H groups in total. The van der Waals surface area contributed by atoms with Crippen LogP contribution in [-0.4, -0.2) is 60.4 Å². The van der Waals surface area contributed by atoms with Gasteiger partial charge in [0.15, 0.2) is 0 Å². The zero-order valence-corrected chi connectivity index (χ0v) is 13.2. The third kappa shape index (κ3) is 3.97. The van der Waals surface area contributed by atoms with Crippen molar-refractivity contribution in [2.75, 3.05) is 26.7 Å². The summed E-state index contributed by atoms with van der Waals surface area (Å²) in [7, 11) is 1.60. The zero-order chi connectivity index (χ0) is 16.1. The third-order valence-electron chi connectivity index (χ3n) is 4.57. The predicted molar refractivity (Wildman–Crippen MR) is 81.9 cm³/mol. The minimum Gasteiger partial charge on any atom is -0.353 e. The van der Waals surface area contributed by atoms with Crippen LogP contribution in [0.2, 0.25) is 0 Å². The number of carbonyl (C=O) groups excluding carboxylic acids is 3. The van der Waals surface area contributed by atoms with E-state index in [1.807, 2.05) is 0 Å². The van der Waals surface area contributed by atoms with E-state index in [2.05, 4.69) is 5.32 Å². The Morgan fingerprint density at radius 3 is 2.68 bits per heavy atom. The molecule has 0 bridgehead atoms. The molecule has 7 heteroatoms. The van der Waals surface area contributed by atoms with Crippen LogP contribution in [-0.2, 0) is 9.59 Å². The van der Waals surface area contributed by atoms with Gasteiger partial charge in [-0.1, -0.05) is 12.8 Å². The van der Waals surface area contributed by atoms with E-state index in [0.29, 0.717) is 31.8 Å². The van der Waals surface area contributed by atoms with Crippen LogP contribution >= 0.6 is 0 Å². The summed E-state index contributed by atoms with van der Waals surface area (Å²) < 4.78 is 0. The minimum absolute atomic E-state index is 0.0159. The summed E-state index contributed by atoms with van der Waals surface area (Å²) in [5.74, 6) is 0.161. The Morgan fingerprint density at radius 1 is 1.32 bits per heavy atom. The van der Waals surface area contributed by atoms with Gasteiger partial charge in [-0.05, 0) is 31.7 Å². The lowest BCUT2D eigenvalue weighted by Gasteiger charge is -2.31. The molecule has 0 aromatic rings. The van der Waals surface area contributed by atoms with Gasteiger partial charge in [-0.3, -0.25) is 14.5 Å². The van der Waals surface area contributed by atoms with E-state index >= 15 is 0 Å². The van der Waals surface area contributed by atoms with Crippen molar-refractivity contribution in [1.82, 2.24) is 15.1 Å². The highest BCUT2D eigenvalue weighted by atomic mass is 16.2. The molecule has 7 nitrogen and oxygen atoms in total. The second-order valence-electron chi connectivity index (χ2n) is 6.24. The van der Waals surface area contributed by atoms with Crippen molar-refractivity contribution in [3.8, 4) is 0 Å². The second kappa shape index (κ2) is 7.58. The van der Waals surface area contributed by atoms with Crippen LogP contribution in [0, 0.1) is 5.92 Å². The van der Waals surface area contributed by atoms with Crippen molar-refractivity contribution < 1.29 is 14.4 Å². The van der Waals surface area contributed by atoms with Gasteiger partial charge in [0, 0.05) is 26.1 Å². The molecule has 1 saturated carbocycles. The first-order valence-electron chi connectivity index (χ1n) is 8.07. The lowest BCUT2D eigenvalue weighted by molar-refractivity contribution is -0.126. The third-order valence-corrected chi connectivity index (χ3v) is 4.57. The topological polar surface area (TPSA) is 95.7 Å². The number of nitrogens with zero attached hydrogens (tertiary/aromatic N) is 2. The van der Waals surface area contributed by atoms with Crippen LogP contribution in [0.1, 0.15) is 38.5 Å².